The van der Waals surface area contributed by atoms with Crippen molar-refractivity contribution in [1.29, 1.82) is 0 Å². The van der Waals surface area contributed by atoms with Gasteiger partial charge in [0.2, 0.25) is 0 Å². The van der Waals surface area contributed by atoms with E-state index in [-0.39, 0.29) is 0 Å². The lowest BCUT2D eigenvalue weighted by Crippen LogP contribution is -2.57. The third kappa shape index (κ3) is 1.65. The summed E-state index contributed by atoms with van der Waals surface area (Å²) in [6, 6.07) is 11.4. The van der Waals surface area contributed by atoms with Gasteiger partial charge in [0, 0.05) is 0 Å². The average Bonchev–Trinajstić information content (AvgIpc) is 2.24. The second kappa shape index (κ2) is 3.45. The average molecular weight is 254 g/mol. The van der Waals surface area contributed by atoms with Crippen LogP contribution in [0.5, 0.6) is 0 Å². The molecule has 4 saturated carbocycles. The van der Waals surface area contributed by atoms with Crippen molar-refractivity contribution >= 4 is 0 Å². The zero-order valence-electron chi connectivity index (χ0n) is 12.6. The third-order valence-corrected chi connectivity index (χ3v) is 6.41. The molecule has 4 bridgehead atoms. The molecular formula is C19H26. The van der Waals surface area contributed by atoms with Crippen molar-refractivity contribution in [2.75, 3.05) is 0 Å². The van der Waals surface area contributed by atoms with Gasteiger partial charge in [0.1, 0.15) is 0 Å². The predicted molar refractivity (Wildman–Crippen MR) is 80.1 cm³/mol. The first-order valence-electron chi connectivity index (χ1n) is 7.97. The quantitative estimate of drug-likeness (QED) is 0.629. The summed E-state index contributed by atoms with van der Waals surface area (Å²) in [5.41, 5.74) is 3.43. The molecule has 4 fully saturated rings. The number of rotatable bonds is 1. The molecule has 3 unspecified atom stereocenters. The Hall–Kier alpha value is -0.780. The summed E-state index contributed by atoms with van der Waals surface area (Å²) in [6.45, 7) is 7.72. The molecule has 0 amide bonds. The maximum Gasteiger partial charge on any atom is -0.00788 e. The van der Waals surface area contributed by atoms with Gasteiger partial charge in [-0.1, -0.05) is 51.1 Å². The maximum atomic E-state index is 2.59. The Morgan fingerprint density at radius 2 is 1.42 bits per heavy atom. The fourth-order valence-corrected chi connectivity index (χ4v) is 7.15. The molecule has 102 valence electrons. The summed E-state index contributed by atoms with van der Waals surface area (Å²) in [7, 11) is 0. The monoisotopic (exact) mass is 254 g/mol. The van der Waals surface area contributed by atoms with Crippen LogP contribution in [0.25, 0.3) is 0 Å². The van der Waals surface area contributed by atoms with Crippen molar-refractivity contribution in [2.45, 2.75) is 58.8 Å². The number of benzene rings is 1. The maximum absolute atomic E-state index is 2.59. The van der Waals surface area contributed by atoms with E-state index in [1.807, 2.05) is 0 Å². The predicted octanol–water partition coefficient (Wildman–Crippen LogP) is 5.40. The molecule has 1 aromatic rings. The third-order valence-electron chi connectivity index (χ3n) is 6.41. The Morgan fingerprint density at radius 1 is 0.842 bits per heavy atom. The Balaban J connectivity index is 1.80. The minimum Gasteiger partial charge on any atom is -0.0622 e. The molecule has 0 aromatic heterocycles. The molecule has 19 heavy (non-hydrogen) atoms. The summed E-state index contributed by atoms with van der Waals surface area (Å²) in [6.07, 6.45) is 7.32. The minimum absolute atomic E-state index is 0.546. The molecule has 0 heteroatoms. The van der Waals surface area contributed by atoms with Crippen molar-refractivity contribution in [2.24, 2.45) is 22.2 Å². The van der Waals surface area contributed by atoms with Crippen molar-refractivity contribution in [1.82, 2.24) is 0 Å². The molecule has 0 spiro atoms. The van der Waals surface area contributed by atoms with Crippen molar-refractivity contribution in [3.8, 4) is 0 Å². The molecule has 0 nitrogen and oxygen atoms in total. The highest BCUT2D eigenvalue weighted by atomic mass is 14.7. The summed E-state index contributed by atoms with van der Waals surface area (Å²) < 4.78 is 0. The molecule has 0 aliphatic heterocycles. The van der Waals surface area contributed by atoms with Crippen LogP contribution in [0.1, 0.15) is 64.4 Å². The van der Waals surface area contributed by atoms with Crippen molar-refractivity contribution < 1.29 is 0 Å². The Bertz CT molecular complexity index is 482. The van der Waals surface area contributed by atoms with Gasteiger partial charge in [0.15, 0.2) is 0 Å². The molecule has 0 heterocycles. The van der Waals surface area contributed by atoms with E-state index in [4.69, 9.17) is 0 Å². The minimum atomic E-state index is 0.546. The molecule has 3 atom stereocenters. The molecule has 0 N–H and O–H groups in total. The van der Waals surface area contributed by atoms with Crippen LogP contribution < -0.4 is 0 Å². The highest BCUT2D eigenvalue weighted by molar-refractivity contribution is 5.28. The van der Waals surface area contributed by atoms with E-state index in [9.17, 15) is 0 Å². The highest BCUT2D eigenvalue weighted by Crippen LogP contribution is 2.73. The van der Waals surface area contributed by atoms with E-state index in [1.165, 1.54) is 32.1 Å². The SMILES string of the molecule is CC12CC3CC(C)(C1)CC(C)(C2)C3c1ccccc1. The van der Waals surface area contributed by atoms with E-state index in [1.54, 1.807) is 5.56 Å². The lowest BCUT2D eigenvalue weighted by molar-refractivity contribution is -0.153. The first kappa shape index (κ1) is 12.0. The smallest absolute Gasteiger partial charge is 0.00788 e. The number of hydrogen-bond acceptors (Lipinski definition) is 0. The van der Waals surface area contributed by atoms with E-state index in [2.05, 4.69) is 51.1 Å². The molecule has 5 rings (SSSR count). The molecule has 0 radical (unpaired) electrons. The second-order valence-electron chi connectivity index (χ2n) is 8.86. The van der Waals surface area contributed by atoms with Crippen LogP contribution in [0, 0.1) is 22.2 Å². The fraction of sp³-hybridized carbons (Fsp3) is 0.684. The van der Waals surface area contributed by atoms with Gasteiger partial charge in [0.25, 0.3) is 0 Å². The topological polar surface area (TPSA) is 0 Å². The lowest BCUT2D eigenvalue weighted by Gasteiger charge is -2.68. The molecule has 4 aliphatic rings. The van der Waals surface area contributed by atoms with Gasteiger partial charge >= 0.3 is 0 Å². The Morgan fingerprint density at radius 3 is 1.95 bits per heavy atom. The van der Waals surface area contributed by atoms with Gasteiger partial charge in [-0.3, -0.25) is 0 Å². The van der Waals surface area contributed by atoms with Crippen LogP contribution in [-0.4, -0.2) is 0 Å². The molecule has 1 aromatic carbocycles. The van der Waals surface area contributed by atoms with Crippen LogP contribution in [-0.2, 0) is 0 Å². The van der Waals surface area contributed by atoms with Gasteiger partial charge in [-0.05, 0) is 65.7 Å². The largest absolute Gasteiger partial charge is 0.0622 e. The number of hydrogen-bond donors (Lipinski definition) is 0. The summed E-state index contributed by atoms with van der Waals surface area (Å²) in [4.78, 5) is 0. The van der Waals surface area contributed by atoms with Crippen molar-refractivity contribution in [3.63, 3.8) is 0 Å². The zero-order chi connectivity index (χ0) is 13.3. The van der Waals surface area contributed by atoms with Gasteiger partial charge in [-0.2, -0.15) is 0 Å². The summed E-state index contributed by atoms with van der Waals surface area (Å²) in [5.74, 6) is 1.74. The molecule has 4 aliphatic carbocycles. The van der Waals surface area contributed by atoms with Gasteiger partial charge in [-0.15, -0.1) is 0 Å². The van der Waals surface area contributed by atoms with Gasteiger partial charge < -0.3 is 0 Å². The first-order valence-corrected chi connectivity index (χ1v) is 7.97. The van der Waals surface area contributed by atoms with E-state index < -0.39 is 0 Å². The van der Waals surface area contributed by atoms with Crippen LogP contribution in [0.4, 0.5) is 0 Å². The summed E-state index contributed by atoms with van der Waals surface area (Å²) in [5, 5.41) is 0. The van der Waals surface area contributed by atoms with Crippen molar-refractivity contribution in [3.05, 3.63) is 35.9 Å². The Labute approximate surface area is 117 Å². The van der Waals surface area contributed by atoms with Gasteiger partial charge in [-0.25, -0.2) is 0 Å². The Kier molecular flexibility index (Phi) is 2.18. The van der Waals surface area contributed by atoms with Crippen LogP contribution in [0.2, 0.25) is 0 Å². The molecule has 0 saturated heterocycles. The standard InChI is InChI=1S/C19H26/c1-17-9-15-10-18(2,11-17)13-19(3,12-17)16(15)14-7-5-4-6-8-14/h4-8,15-16H,9-13H2,1-3H3. The highest BCUT2D eigenvalue weighted by Gasteiger charge is 2.62. The lowest BCUT2D eigenvalue weighted by atomic mass is 9.37. The van der Waals surface area contributed by atoms with Crippen LogP contribution >= 0.6 is 0 Å². The zero-order valence-corrected chi connectivity index (χ0v) is 12.6. The van der Waals surface area contributed by atoms with E-state index >= 15 is 0 Å². The van der Waals surface area contributed by atoms with Crippen LogP contribution in [0.3, 0.4) is 0 Å². The molecular weight excluding hydrogens is 228 g/mol. The fourth-order valence-electron chi connectivity index (χ4n) is 7.15. The normalized spacial score (nSPS) is 51.5. The van der Waals surface area contributed by atoms with E-state index in [0.717, 1.165) is 11.8 Å². The van der Waals surface area contributed by atoms with Crippen LogP contribution in [0.15, 0.2) is 30.3 Å². The van der Waals surface area contributed by atoms with Gasteiger partial charge in [0.05, 0.1) is 0 Å². The summed E-state index contributed by atoms with van der Waals surface area (Å²) >= 11 is 0. The van der Waals surface area contributed by atoms with E-state index in [0.29, 0.717) is 16.2 Å². The first-order chi connectivity index (χ1) is 8.92. The second-order valence-corrected chi connectivity index (χ2v) is 8.86.